The molecule has 2 fully saturated rings. The molecule has 1 aliphatic heterocycles. The summed E-state index contributed by atoms with van der Waals surface area (Å²) in [5, 5.41) is 0. The number of likely N-dealkylation sites (tertiary alicyclic amines) is 1. The van der Waals surface area contributed by atoms with E-state index in [1.807, 2.05) is 24.3 Å². The minimum atomic E-state index is -0.573. The molecule has 1 aromatic carbocycles. The van der Waals surface area contributed by atoms with Crippen LogP contribution in [-0.4, -0.2) is 42.4 Å². The number of nitrogens with zero attached hydrogens (tertiary/aromatic N) is 1. The third-order valence-corrected chi connectivity index (χ3v) is 5.14. The van der Waals surface area contributed by atoms with Crippen LogP contribution in [0.25, 0.3) is 0 Å². The summed E-state index contributed by atoms with van der Waals surface area (Å²) in [6.07, 6.45) is 4.34. The third-order valence-electron chi connectivity index (χ3n) is 5.14. The SMILES string of the molecule is CCc1cccc(OCCOC(=O)CN2C(=O)C3CCCCC3C2=O)c1. The number of rotatable bonds is 7. The van der Waals surface area contributed by atoms with E-state index in [9.17, 15) is 14.4 Å². The van der Waals surface area contributed by atoms with Gasteiger partial charge in [-0.25, -0.2) is 0 Å². The zero-order chi connectivity index (χ0) is 18.5. The molecule has 6 heteroatoms. The van der Waals surface area contributed by atoms with Gasteiger partial charge in [0.05, 0.1) is 11.8 Å². The Kier molecular flexibility index (Phi) is 5.91. The number of esters is 1. The lowest BCUT2D eigenvalue weighted by molar-refractivity contribution is -0.153. The number of carbonyl (C=O) groups excluding carboxylic acids is 3. The van der Waals surface area contributed by atoms with E-state index in [0.29, 0.717) is 0 Å². The molecule has 0 aromatic heterocycles. The number of hydrogen-bond donors (Lipinski definition) is 0. The van der Waals surface area contributed by atoms with Gasteiger partial charge in [0, 0.05) is 0 Å². The van der Waals surface area contributed by atoms with Crippen LogP contribution in [0.5, 0.6) is 5.75 Å². The van der Waals surface area contributed by atoms with Crippen molar-refractivity contribution < 1.29 is 23.9 Å². The minimum absolute atomic E-state index is 0.0816. The largest absolute Gasteiger partial charge is 0.490 e. The van der Waals surface area contributed by atoms with Gasteiger partial charge in [-0.15, -0.1) is 0 Å². The summed E-state index contributed by atoms with van der Waals surface area (Å²) in [5.74, 6) is -0.754. The number of imide groups is 1. The first-order valence-electron chi connectivity index (χ1n) is 9.32. The maximum absolute atomic E-state index is 12.3. The normalized spacial score (nSPS) is 22.3. The average molecular weight is 359 g/mol. The molecule has 2 unspecified atom stereocenters. The Morgan fingerprint density at radius 3 is 2.46 bits per heavy atom. The Bertz CT molecular complexity index is 663. The molecule has 2 aliphatic rings. The lowest BCUT2D eigenvalue weighted by Crippen LogP contribution is -2.37. The smallest absolute Gasteiger partial charge is 0.326 e. The lowest BCUT2D eigenvalue weighted by atomic mass is 9.81. The second-order valence-electron chi connectivity index (χ2n) is 6.83. The number of aryl methyl sites for hydroxylation is 1. The second kappa shape index (κ2) is 8.34. The van der Waals surface area contributed by atoms with Crippen molar-refractivity contribution in [2.45, 2.75) is 39.0 Å². The highest BCUT2D eigenvalue weighted by molar-refractivity contribution is 6.07. The standard InChI is InChI=1S/C20H25NO5/c1-2-14-6-5-7-15(12-14)25-10-11-26-18(22)13-21-19(23)16-8-3-4-9-17(16)20(21)24/h5-7,12,16-17H,2-4,8-11,13H2,1H3. The summed E-state index contributed by atoms with van der Waals surface area (Å²) in [5.41, 5.74) is 1.17. The molecule has 3 rings (SSSR count). The predicted molar refractivity (Wildman–Crippen MR) is 94.4 cm³/mol. The van der Waals surface area contributed by atoms with Gasteiger partial charge in [0.25, 0.3) is 0 Å². The Hall–Kier alpha value is -2.37. The zero-order valence-electron chi connectivity index (χ0n) is 15.1. The first-order chi connectivity index (χ1) is 12.6. The summed E-state index contributed by atoms with van der Waals surface area (Å²) in [6.45, 7) is 2.08. The molecule has 0 bridgehead atoms. The maximum Gasteiger partial charge on any atom is 0.326 e. The molecule has 1 saturated heterocycles. The molecule has 0 radical (unpaired) electrons. The van der Waals surface area contributed by atoms with Crippen molar-refractivity contribution >= 4 is 17.8 Å². The van der Waals surface area contributed by atoms with Crippen LogP contribution >= 0.6 is 0 Å². The van der Waals surface area contributed by atoms with E-state index in [1.54, 1.807) is 0 Å². The van der Waals surface area contributed by atoms with Crippen molar-refractivity contribution in [1.29, 1.82) is 0 Å². The third kappa shape index (κ3) is 4.06. The van der Waals surface area contributed by atoms with Gasteiger partial charge in [-0.2, -0.15) is 0 Å². The highest BCUT2D eigenvalue weighted by atomic mass is 16.6. The number of benzene rings is 1. The number of amides is 2. The van der Waals surface area contributed by atoms with Crippen LogP contribution in [-0.2, 0) is 25.5 Å². The Labute approximate surface area is 153 Å². The van der Waals surface area contributed by atoms with E-state index in [1.165, 1.54) is 5.56 Å². The molecule has 0 N–H and O–H groups in total. The Balaban J connectivity index is 1.42. The summed E-state index contributed by atoms with van der Waals surface area (Å²) >= 11 is 0. The van der Waals surface area contributed by atoms with Gasteiger partial charge >= 0.3 is 5.97 Å². The van der Waals surface area contributed by atoms with E-state index in [2.05, 4.69) is 6.92 Å². The van der Waals surface area contributed by atoms with Crippen molar-refractivity contribution in [2.75, 3.05) is 19.8 Å². The van der Waals surface area contributed by atoms with Gasteiger partial charge < -0.3 is 9.47 Å². The van der Waals surface area contributed by atoms with Crippen LogP contribution in [0.1, 0.15) is 38.2 Å². The molecule has 2 atom stereocenters. The molecule has 0 spiro atoms. The van der Waals surface area contributed by atoms with Gasteiger partial charge in [-0.3, -0.25) is 19.3 Å². The van der Waals surface area contributed by atoms with Gasteiger partial charge in [0.2, 0.25) is 11.8 Å². The van der Waals surface area contributed by atoms with Crippen molar-refractivity contribution in [1.82, 2.24) is 4.90 Å². The van der Waals surface area contributed by atoms with Crippen LogP contribution in [0.4, 0.5) is 0 Å². The summed E-state index contributed by atoms with van der Waals surface area (Å²) in [6, 6.07) is 7.74. The number of carbonyl (C=O) groups is 3. The highest BCUT2D eigenvalue weighted by Gasteiger charge is 2.48. The van der Waals surface area contributed by atoms with Crippen molar-refractivity contribution in [2.24, 2.45) is 11.8 Å². The van der Waals surface area contributed by atoms with Crippen LogP contribution in [0.3, 0.4) is 0 Å². The molecular weight excluding hydrogens is 334 g/mol. The van der Waals surface area contributed by atoms with Gasteiger partial charge in [0.15, 0.2) is 0 Å². The van der Waals surface area contributed by atoms with E-state index >= 15 is 0 Å². The highest BCUT2D eigenvalue weighted by Crippen LogP contribution is 2.37. The lowest BCUT2D eigenvalue weighted by Gasteiger charge is -2.19. The first kappa shape index (κ1) is 18.4. The van der Waals surface area contributed by atoms with Crippen molar-refractivity contribution in [3.63, 3.8) is 0 Å². The van der Waals surface area contributed by atoms with Crippen LogP contribution < -0.4 is 4.74 Å². The van der Waals surface area contributed by atoms with Crippen molar-refractivity contribution in [3.8, 4) is 5.75 Å². The van der Waals surface area contributed by atoms with E-state index in [-0.39, 0.29) is 43.4 Å². The summed E-state index contributed by atoms with van der Waals surface area (Å²) < 4.78 is 10.7. The van der Waals surface area contributed by atoms with E-state index < -0.39 is 5.97 Å². The van der Waals surface area contributed by atoms with Crippen LogP contribution in [0.2, 0.25) is 0 Å². The summed E-state index contributed by atoms with van der Waals surface area (Å²) in [7, 11) is 0. The summed E-state index contributed by atoms with van der Waals surface area (Å²) in [4.78, 5) is 37.7. The van der Waals surface area contributed by atoms with Crippen LogP contribution in [0.15, 0.2) is 24.3 Å². The van der Waals surface area contributed by atoms with E-state index in [4.69, 9.17) is 9.47 Å². The topological polar surface area (TPSA) is 72.9 Å². The second-order valence-corrected chi connectivity index (χ2v) is 6.83. The molecule has 1 heterocycles. The molecular formula is C20H25NO5. The van der Waals surface area contributed by atoms with Crippen LogP contribution in [0, 0.1) is 11.8 Å². The molecule has 2 amide bonds. The zero-order valence-corrected chi connectivity index (χ0v) is 15.1. The monoisotopic (exact) mass is 359 g/mol. The fraction of sp³-hybridized carbons (Fsp3) is 0.550. The number of ether oxygens (including phenoxy) is 2. The van der Waals surface area contributed by atoms with E-state index in [0.717, 1.165) is 42.8 Å². The average Bonchev–Trinajstić information content (AvgIpc) is 2.91. The fourth-order valence-electron chi connectivity index (χ4n) is 3.73. The van der Waals surface area contributed by atoms with Crippen molar-refractivity contribution in [3.05, 3.63) is 29.8 Å². The molecule has 6 nitrogen and oxygen atoms in total. The molecule has 140 valence electrons. The van der Waals surface area contributed by atoms with Gasteiger partial charge in [-0.05, 0) is 37.0 Å². The van der Waals surface area contributed by atoms with Gasteiger partial charge in [0.1, 0.15) is 25.5 Å². The number of hydrogen-bond acceptors (Lipinski definition) is 5. The minimum Gasteiger partial charge on any atom is -0.490 e. The molecule has 1 aliphatic carbocycles. The maximum atomic E-state index is 12.3. The molecule has 1 saturated carbocycles. The first-order valence-corrected chi connectivity index (χ1v) is 9.32. The molecule has 1 aromatic rings. The quantitative estimate of drug-likeness (QED) is 0.424. The van der Waals surface area contributed by atoms with Gasteiger partial charge in [-0.1, -0.05) is 31.9 Å². The number of fused-ring (bicyclic) bond motifs is 1. The Morgan fingerprint density at radius 1 is 1.12 bits per heavy atom. The fourth-order valence-corrected chi connectivity index (χ4v) is 3.73. The molecule has 26 heavy (non-hydrogen) atoms. The predicted octanol–water partition coefficient (Wildman–Crippen LogP) is 2.35. The Morgan fingerprint density at radius 2 is 1.81 bits per heavy atom.